The molecule has 2 fully saturated rings. The van der Waals surface area contributed by atoms with E-state index < -0.39 is 0 Å². The van der Waals surface area contributed by atoms with Gasteiger partial charge in [-0.05, 0) is 50.9 Å². The van der Waals surface area contributed by atoms with Crippen molar-refractivity contribution in [2.75, 3.05) is 19.6 Å². The molecule has 2 saturated carbocycles. The quantitative estimate of drug-likeness (QED) is 0.698. The van der Waals surface area contributed by atoms with E-state index in [2.05, 4.69) is 18.7 Å². The zero-order valence-corrected chi connectivity index (χ0v) is 10.3. The Morgan fingerprint density at radius 3 is 1.87 bits per heavy atom. The molecule has 0 aromatic rings. The molecule has 0 spiro atoms. The van der Waals surface area contributed by atoms with Gasteiger partial charge in [-0.3, -0.25) is 4.90 Å². The Hall–Kier alpha value is -0.0800. The topological polar surface area (TPSA) is 29.3 Å². The van der Waals surface area contributed by atoms with Crippen molar-refractivity contribution >= 4 is 0 Å². The van der Waals surface area contributed by atoms with Crippen molar-refractivity contribution in [3.05, 3.63) is 0 Å². The normalized spacial score (nSPS) is 25.6. The maximum absolute atomic E-state index is 5.97. The van der Waals surface area contributed by atoms with Crippen LogP contribution in [0.5, 0.6) is 0 Å². The molecule has 0 bridgehead atoms. The summed E-state index contributed by atoms with van der Waals surface area (Å²) in [6, 6.07) is 0. The van der Waals surface area contributed by atoms with E-state index in [1.54, 1.807) is 0 Å². The van der Waals surface area contributed by atoms with E-state index in [-0.39, 0.29) is 5.54 Å². The summed E-state index contributed by atoms with van der Waals surface area (Å²) in [4.78, 5) is 2.70. The maximum atomic E-state index is 5.97. The molecule has 0 saturated heterocycles. The Kier molecular flexibility index (Phi) is 3.36. The van der Waals surface area contributed by atoms with E-state index >= 15 is 0 Å². The van der Waals surface area contributed by atoms with Gasteiger partial charge in [-0.15, -0.1) is 0 Å². The molecule has 2 nitrogen and oxygen atoms in total. The third-order valence-electron chi connectivity index (χ3n) is 4.32. The first-order valence-corrected chi connectivity index (χ1v) is 6.63. The standard InChI is InChI=1S/C13H26N2/c1-3-13(2,10-14)15(8-11-4-5-11)9-12-6-7-12/h11-12H,3-10,14H2,1-2H3. The zero-order valence-electron chi connectivity index (χ0n) is 10.3. The smallest absolute Gasteiger partial charge is 0.0301 e. The van der Waals surface area contributed by atoms with Crippen molar-refractivity contribution < 1.29 is 0 Å². The highest BCUT2D eigenvalue weighted by atomic mass is 15.2. The molecule has 0 radical (unpaired) electrons. The molecule has 2 aliphatic carbocycles. The van der Waals surface area contributed by atoms with Gasteiger partial charge in [0, 0.05) is 25.2 Å². The first kappa shape index (κ1) is 11.4. The molecule has 2 rings (SSSR count). The third kappa shape index (κ3) is 2.94. The number of nitrogens with zero attached hydrogens (tertiary/aromatic N) is 1. The summed E-state index contributed by atoms with van der Waals surface area (Å²) < 4.78 is 0. The lowest BCUT2D eigenvalue weighted by molar-refractivity contribution is 0.0942. The van der Waals surface area contributed by atoms with Crippen molar-refractivity contribution in [1.29, 1.82) is 0 Å². The van der Waals surface area contributed by atoms with Crippen LogP contribution in [0.4, 0.5) is 0 Å². The molecule has 2 N–H and O–H groups in total. The Balaban J connectivity index is 1.93. The number of nitrogens with two attached hydrogens (primary N) is 1. The van der Waals surface area contributed by atoms with Crippen LogP contribution in [0.3, 0.4) is 0 Å². The van der Waals surface area contributed by atoms with Crippen LogP contribution in [-0.4, -0.2) is 30.1 Å². The largest absolute Gasteiger partial charge is 0.329 e. The van der Waals surface area contributed by atoms with E-state index in [4.69, 9.17) is 5.73 Å². The minimum absolute atomic E-state index is 0.255. The lowest BCUT2D eigenvalue weighted by Gasteiger charge is -2.40. The summed E-state index contributed by atoms with van der Waals surface area (Å²) in [6.07, 6.45) is 6.98. The van der Waals surface area contributed by atoms with Gasteiger partial charge in [0.1, 0.15) is 0 Å². The molecule has 0 aromatic heterocycles. The van der Waals surface area contributed by atoms with E-state index in [9.17, 15) is 0 Å². The van der Waals surface area contributed by atoms with Crippen LogP contribution in [-0.2, 0) is 0 Å². The van der Waals surface area contributed by atoms with Crippen molar-refractivity contribution in [2.24, 2.45) is 17.6 Å². The van der Waals surface area contributed by atoms with Crippen molar-refractivity contribution in [3.8, 4) is 0 Å². The molecular weight excluding hydrogens is 184 g/mol. The molecule has 88 valence electrons. The van der Waals surface area contributed by atoms with Gasteiger partial charge in [-0.25, -0.2) is 0 Å². The average Bonchev–Trinajstić information content (AvgIpc) is 3.09. The highest BCUT2D eigenvalue weighted by Crippen LogP contribution is 2.36. The number of hydrogen-bond acceptors (Lipinski definition) is 2. The molecule has 1 unspecified atom stereocenters. The van der Waals surface area contributed by atoms with E-state index in [0.29, 0.717) is 0 Å². The first-order valence-electron chi connectivity index (χ1n) is 6.63. The van der Waals surface area contributed by atoms with Gasteiger partial charge in [0.2, 0.25) is 0 Å². The van der Waals surface area contributed by atoms with E-state index in [1.807, 2.05) is 0 Å². The average molecular weight is 210 g/mol. The zero-order chi connectivity index (χ0) is 10.9. The van der Waals surface area contributed by atoms with Crippen LogP contribution in [0.1, 0.15) is 46.0 Å². The molecule has 1 atom stereocenters. The fraction of sp³-hybridized carbons (Fsp3) is 1.00. The molecular formula is C13H26N2. The second kappa shape index (κ2) is 4.42. The van der Waals surface area contributed by atoms with Gasteiger partial charge < -0.3 is 5.73 Å². The molecule has 0 heterocycles. The van der Waals surface area contributed by atoms with Gasteiger partial charge in [0.15, 0.2) is 0 Å². The van der Waals surface area contributed by atoms with Crippen LogP contribution in [0.25, 0.3) is 0 Å². The van der Waals surface area contributed by atoms with E-state index in [1.165, 1.54) is 45.2 Å². The Morgan fingerprint density at radius 1 is 1.13 bits per heavy atom. The minimum Gasteiger partial charge on any atom is -0.329 e. The third-order valence-corrected chi connectivity index (χ3v) is 4.32. The Morgan fingerprint density at radius 2 is 1.60 bits per heavy atom. The lowest BCUT2D eigenvalue weighted by Crippen LogP contribution is -2.52. The first-order chi connectivity index (χ1) is 7.18. The molecule has 0 amide bonds. The van der Waals surface area contributed by atoms with E-state index in [0.717, 1.165) is 18.4 Å². The van der Waals surface area contributed by atoms with Crippen molar-refractivity contribution in [1.82, 2.24) is 4.90 Å². The predicted octanol–water partition coefficient (Wildman–Crippen LogP) is 2.24. The summed E-state index contributed by atoms with van der Waals surface area (Å²) in [6.45, 7) is 8.04. The molecule has 2 heteroatoms. The van der Waals surface area contributed by atoms with Crippen LogP contribution < -0.4 is 5.73 Å². The SMILES string of the molecule is CCC(C)(CN)N(CC1CC1)CC1CC1. The molecule has 0 aromatic carbocycles. The van der Waals surface area contributed by atoms with Crippen LogP contribution in [0, 0.1) is 11.8 Å². The second-order valence-electron chi connectivity index (χ2n) is 5.85. The highest BCUT2D eigenvalue weighted by molar-refractivity contribution is 4.92. The van der Waals surface area contributed by atoms with Crippen molar-refractivity contribution in [2.45, 2.75) is 51.5 Å². The fourth-order valence-electron chi connectivity index (χ4n) is 2.24. The predicted molar refractivity (Wildman–Crippen MR) is 64.8 cm³/mol. The summed E-state index contributed by atoms with van der Waals surface area (Å²) in [5, 5.41) is 0. The molecule has 15 heavy (non-hydrogen) atoms. The summed E-state index contributed by atoms with van der Waals surface area (Å²) >= 11 is 0. The lowest BCUT2D eigenvalue weighted by atomic mass is 9.95. The fourth-order valence-corrected chi connectivity index (χ4v) is 2.24. The number of hydrogen-bond donors (Lipinski definition) is 1. The van der Waals surface area contributed by atoms with Crippen LogP contribution >= 0.6 is 0 Å². The summed E-state index contributed by atoms with van der Waals surface area (Å²) in [5.74, 6) is 1.97. The van der Waals surface area contributed by atoms with Gasteiger partial charge in [0.25, 0.3) is 0 Å². The Bertz CT molecular complexity index is 189. The summed E-state index contributed by atoms with van der Waals surface area (Å²) in [7, 11) is 0. The van der Waals surface area contributed by atoms with Gasteiger partial charge >= 0.3 is 0 Å². The van der Waals surface area contributed by atoms with Gasteiger partial charge in [-0.1, -0.05) is 6.92 Å². The molecule has 2 aliphatic rings. The second-order valence-corrected chi connectivity index (χ2v) is 5.85. The molecule has 0 aliphatic heterocycles. The van der Waals surface area contributed by atoms with Gasteiger partial charge in [0.05, 0.1) is 0 Å². The van der Waals surface area contributed by atoms with Crippen molar-refractivity contribution in [3.63, 3.8) is 0 Å². The monoisotopic (exact) mass is 210 g/mol. The Labute approximate surface area is 94.2 Å². The minimum atomic E-state index is 0.255. The highest BCUT2D eigenvalue weighted by Gasteiger charge is 2.36. The van der Waals surface area contributed by atoms with Crippen LogP contribution in [0.2, 0.25) is 0 Å². The number of rotatable bonds is 7. The van der Waals surface area contributed by atoms with Gasteiger partial charge in [-0.2, -0.15) is 0 Å². The maximum Gasteiger partial charge on any atom is 0.0301 e. The van der Waals surface area contributed by atoms with Crippen LogP contribution in [0.15, 0.2) is 0 Å². The summed E-state index contributed by atoms with van der Waals surface area (Å²) in [5.41, 5.74) is 6.22.